The van der Waals surface area contributed by atoms with Crippen molar-refractivity contribution in [2.75, 3.05) is 7.11 Å². The minimum absolute atomic E-state index is 0.144. The lowest BCUT2D eigenvalue weighted by molar-refractivity contribution is -0.154. The van der Waals surface area contributed by atoms with E-state index < -0.39 is 0 Å². The first-order valence-electron chi connectivity index (χ1n) is 9.06. The number of allylic oxidation sites excluding steroid dienone is 1. The molecule has 8 unspecified atom stereocenters. The van der Waals surface area contributed by atoms with E-state index in [1.807, 2.05) is 0 Å². The molecule has 6 aliphatic rings. The number of rotatable bonds is 1. The molecule has 21 heavy (non-hydrogen) atoms. The molecule has 6 aliphatic carbocycles. The Bertz CT molecular complexity index is 590. The van der Waals surface area contributed by atoms with Crippen molar-refractivity contribution in [3.05, 3.63) is 11.1 Å². The summed E-state index contributed by atoms with van der Waals surface area (Å²) in [6.07, 6.45) is 9.42. The van der Waals surface area contributed by atoms with E-state index in [1.165, 1.54) is 38.5 Å². The molecule has 112 valence electrons. The Labute approximate surface area is 126 Å². The predicted octanol–water partition coefficient (Wildman–Crippen LogP) is 3.57. The summed E-state index contributed by atoms with van der Waals surface area (Å²) in [5, 5.41) is 0. The van der Waals surface area contributed by atoms with Crippen LogP contribution in [0.5, 0.6) is 0 Å². The molecule has 0 saturated heterocycles. The van der Waals surface area contributed by atoms with E-state index in [0.29, 0.717) is 5.92 Å². The molecular formula is C19H24O2. The zero-order valence-electron chi connectivity index (χ0n) is 12.8. The van der Waals surface area contributed by atoms with Gasteiger partial charge < -0.3 is 4.74 Å². The van der Waals surface area contributed by atoms with Crippen LogP contribution in [-0.4, -0.2) is 13.1 Å². The number of hydrogen-bond donors (Lipinski definition) is 0. The van der Waals surface area contributed by atoms with Gasteiger partial charge in [0.1, 0.15) is 0 Å². The first-order valence-corrected chi connectivity index (χ1v) is 9.06. The number of esters is 1. The van der Waals surface area contributed by atoms with Gasteiger partial charge in [-0.05, 0) is 91.9 Å². The molecule has 6 rings (SSSR count). The van der Waals surface area contributed by atoms with Crippen LogP contribution >= 0.6 is 0 Å². The SMILES string of the molecule is COC(=O)C12CC(C3C1=C1CCC3C1)C1C3CCC(C3)C12. The Kier molecular flexibility index (Phi) is 1.91. The van der Waals surface area contributed by atoms with Crippen LogP contribution in [0, 0.1) is 46.8 Å². The predicted molar refractivity (Wildman–Crippen MR) is 78.2 cm³/mol. The molecule has 0 aliphatic heterocycles. The molecule has 0 spiro atoms. The first-order chi connectivity index (χ1) is 10.3. The monoisotopic (exact) mass is 284 g/mol. The summed E-state index contributed by atoms with van der Waals surface area (Å²) in [4.78, 5) is 13.0. The number of carbonyl (C=O) groups is 1. The largest absolute Gasteiger partial charge is 0.468 e. The molecule has 8 atom stereocenters. The second-order valence-electron chi connectivity index (χ2n) is 8.81. The molecule has 0 amide bonds. The molecule has 0 aromatic rings. The highest BCUT2D eigenvalue weighted by atomic mass is 16.5. The van der Waals surface area contributed by atoms with Crippen LogP contribution in [0.3, 0.4) is 0 Å². The molecule has 2 nitrogen and oxygen atoms in total. The highest BCUT2D eigenvalue weighted by Crippen LogP contribution is 2.79. The maximum absolute atomic E-state index is 13.0. The van der Waals surface area contributed by atoms with E-state index in [1.54, 1.807) is 18.3 Å². The number of hydrogen-bond acceptors (Lipinski definition) is 2. The Morgan fingerprint density at radius 2 is 2.05 bits per heavy atom. The van der Waals surface area contributed by atoms with Gasteiger partial charge >= 0.3 is 5.97 Å². The lowest BCUT2D eigenvalue weighted by Gasteiger charge is -2.46. The highest BCUT2D eigenvalue weighted by molar-refractivity contribution is 5.84. The number of carbonyl (C=O) groups excluding carboxylic acids is 1. The molecule has 5 saturated carbocycles. The second-order valence-corrected chi connectivity index (χ2v) is 8.81. The smallest absolute Gasteiger partial charge is 0.316 e. The van der Waals surface area contributed by atoms with Crippen molar-refractivity contribution in [3.8, 4) is 0 Å². The van der Waals surface area contributed by atoms with E-state index >= 15 is 0 Å². The minimum atomic E-state index is -0.154. The van der Waals surface area contributed by atoms with Crippen LogP contribution in [-0.2, 0) is 9.53 Å². The van der Waals surface area contributed by atoms with Crippen molar-refractivity contribution in [1.29, 1.82) is 0 Å². The molecule has 0 radical (unpaired) electrons. The van der Waals surface area contributed by atoms with Crippen LogP contribution in [0.25, 0.3) is 0 Å². The summed E-state index contributed by atoms with van der Waals surface area (Å²) in [6, 6.07) is 0. The van der Waals surface area contributed by atoms with Gasteiger partial charge in [0.15, 0.2) is 0 Å². The zero-order chi connectivity index (χ0) is 13.9. The molecule has 0 N–H and O–H groups in total. The summed E-state index contributed by atoms with van der Waals surface area (Å²) in [5.74, 6) is 5.97. The Balaban J connectivity index is 1.59. The summed E-state index contributed by atoms with van der Waals surface area (Å²) >= 11 is 0. The highest BCUT2D eigenvalue weighted by Gasteiger charge is 2.76. The normalized spacial score (nSPS) is 58.0. The van der Waals surface area contributed by atoms with Gasteiger partial charge in [0.2, 0.25) is 0 Å². The van der Waals surface area contributed by atoms with E-state index in [2.05, 4.69) is 0 Å². The Morgan fingerprint density at radius 1 is 1.19 bits per heavy atom. The van der Waals surface area contributed by atoms with Gasteiger partial charge in [-0.2, -0.15) is 0 Å². The van der Waals surface area contributed by atoms with Crippen molar-refractivity contribution < 1.29 is 9.53 Å². The minimum Gasteiger partial charge on any atom is -0.468 e. The lowest BCUT2D eigenvalue weighted by Crippen LogP contribution is -2.46. The van der Waals surface area contributed by atoms with Crippen LogP contribution in [0.2, 0.25) is 0 Å². The maximum atomic E-state index is 13.0. The van der Waals surface area contributed by atoms with E-state index in [4.69, 9.17) is 4.74 Å². The number of ether oxygens (including phenoxy) is 1. The van der Waals surface area contributed by atoms with Crippen molar-refractivity contribution in [2.45, 2.75) is 44.9 Å². The molecule has 5 fully saturated rings. The van der Waals surface area contributed by atoms with E-state index in [0.717, 1.165) is 41.9 Å². The van der Waals surface area contributed by atoms with E-state index in [9.17, 15) is 4.79 Å². The first kappa shape index (κ1) is 11.7. The Hall–Kier alpha value is -0.790. The molecule has 0 aromatic heterocycles. The number of fused-ring (bicyclic) bond motifs is 15. The van der Waals surface area contributed by atoms with Gasteiger partial charge in [-0.15, -0.1) is 0 Å². The lowest BCUT2D eigenvalue weighted by atomic mass is 9.58. The van der Waals surface area contributed by atoms with Gasteiger partial charge in [0.05, 0.1) is 12.5 Å². The van der Waals surface area contributed by atoms with Gasteiger partial charge in [0.25, 0.3) is 0 Å². The number of methoxy groups -OCH3 is 1. The third kappa shape index (κ3) is 1.03. The van der Waals surface area contributed by atoms with Gasteiger partial charge in [-0.25, -0.2) is 0 Å². The fourth-order valence-corrected chi connectivity index (χ4v) is 8.57. The Morgan fingerprint density at radius 3 is 2.90 bits per heavy atom. The molecule has 2 heteroatoms. The summed E-state index contributed by atoms with van der Waals surface area (Å²) in [6.45, 7) is 0. The fourth-order valence-electron chi connectivity index (χ4n) is 8.57. The third-order valence-corrected chi connectivity index (χ3v) is 8.64. The summed E-state index contributed by atoms with van der Waals surface area (Å²) in [5.41, 5.74) is 3.18. The van der Waals surface area contributed by atoms with E-state index in [-0.39, 0.29) is 11.4 Å². The van der Waals surface area contributed by atoms with Gasteiger partial charge in [-0.1, -0.05) is 5.57 Å². The van der Waals surface area contributed by atoms with Crippen molar-refractivity contribution in [2.24, 2.45) is 46.8 Å². The maximum Gasteiger partial charge on any atom is 0.316 e. The van der Waals surface area contributed by atoms with Crippen molar-refractivity contribution in [1.82, 2.24) is 0 Å². The second kappa shape index (κ2) is 3.41. The van der Waals surface area contributed by atoms with Gasteiger partial charge in [0, 0.05) is 0 Å². The average molecular weight is 284 g/mol. The topological polar surface area (TPSA) is 26.3 Å². The molecular weight excluding hydrogens is 260 g/mol. The van der Waals surface area contributed by atoms with Gasteiger partial charge in [-0.3, -0.25) is 4.79 Å². The average Bonchev–Trinajstić information content (AvgIpc) is 3.31. The van der Waals surface area contributed by atoms with Crippen LogP contribution < -0.4 is 0 Å². The van der Waals surface area contributed by atoms with Crippen molar-refractivity contribution in [3.63, 3.8) is 0 Å². The molecule has 0 aromatic carbocycles. The van der Waals surface area contributed by atoms with Crippen LogP contribution in [0.4, 0.5) is 0 Å². The van der Waals surface area contributed by atoms with Crippen LogP contribution in [0.15, 0.2) is 11.1 Å². The standard InChI is InChI=1S/C19H24O2/c1-21-18(20)19-8-13(14-9-2-4-11(6-9)16(14)19)15-10-3-5-12(7-10)17(15)19/h9-11,13-16H,2-8H2,1H3. The third-order valence-electron chi connectivity index (χ3n) is 8.64. The zero-order valence-corrected chi connectivity index (χ0v) is 12.8. The fraction of sp³-hybridized carbons (Fsp3) is 0.842. The van der Waals surface area contributed by atoms with Crippen molar-refractivity contribution >= 4 is 5.97 Å². The molecule has 6 bridgehead atoms. The summed E-state index contributed by atoms with van der Waals surface area (Å²) < 4.78 is 5.41. The molecule has 0 heterocycles. The van der Waals surface area contributed by atoms with Crippen LogP contribution in [0.1, 0.15) is 44.9 Å². The summed E-state index contributed by atoms with van der Waals surface area (Å²) in [7, 11) is 1.62. The quantitative estimate of drug-likeness (QED) is 0.418.